The molecule has 0 aromatic heterocycles. The van der Waals surface area contributed by atoms with Crippen LogP contribution in [0.1, 0.15) is 24.8 Å². The van der Waals surface area contributed by atoms with Crippen LogP contribution in [0.15, 0.2) is 43.0 Å². The van der Waals surface area contributed by atoms with Gasteiger partial charge in [0.25, 0.3) is 0 Å². The minimum Gasteiger partial charge on any atom is -0.445 e. The van der Waals surface area contributed by atoms with Crippen LogP contribution in [0, 0.1) is 0 Å². The molecule has 0 aliphatic carbocycles. The van der Waals surface area contributed by atoms with Gasteiger partial charge in [0, 0.05) is 6.54 Å². The van der Waals surface area contributed by atoms with Gasteiger partial charge in [-0.25, -0.2) is 4.79 Å². The summed E-state index contributed by atoms with van der Waals surface area (Å²) in [7, 11) is 0. The number of aliphatic hydroxyl groups is 1. The number of rotatable bonds is 4. The highest BCUT2D eigenvalue weighted by Gasteiger charge is 2.31. The van der Waals surface area contributed by atoms with Crippen LogP contribution in [0.5, 0.6) is 0 Å². The van der Waals surface area contributed by atoms with E-state index in [1.54, 1.807) is 4.90 Å². The first-order valence-corrected chi connectivity index (χ1v) is 7.00. The lowest BCUT2D eigenvalue weighted by molar-refractivity contribution is 0.0307. The van der Waals surface area contributed by atoms with Crippen LogP contribution < -0.4 is 0 Å². The number of likely N-dealkylation sites (tertiary alicyclic amines) is 1. The van der Waals surface area contributed by atoms with E-state index < -0.39 is 6.10 Å². The van der Waals surface area contributed by atoms with E-state index in [0.717, 1.165) is 24.8 Å². The Morgan fingerprint density at radius 2 is 2.20 bits per heavy atom. The van der Waals surface area contributed by atoms with Crippen molar-refractivity contribution < 1.29 is 14.6 Å². The van der Waals surface area contributed by atoms with E-state index in [4.69, 9.17) is 4.74 Å². The molecule has 1 fully saturated rings. The summed E-state index contributed by atoms with van der Waals surface area (Å²) >= 11 is 0. The van der Waals surface area contributed by atoms with Crippen LogP contribution in [0.25, 0.3) is 0 Å². The Balaban J connectivity index is 1.94. The molecule has 0 radical (unpaired) electrons. The maximum atomic E-state index is 12.2. The van der Waals surface area contributed by atoms with Gasteiger partial charge < -0.3 is 14.7 Å². The molecule has 0 bridgehead atoms. The normalized spacial score (nSPS) is 20.2. The van der Waals surface area contributed by atoms with Gasteiger partial charge in [-0.2, -0.15) is 0 Å². The summed E-state index contributed by atoms with van der Waals surface area (Å²) in [6.45, 7) is 4.48. The average molecular weight is 275 g/mol. The van der Waals surface area contributed by atoms with Crippen molar-refractivity contribution in [2.45, 2.75) is 38.0 Å². The van der Waals surface area contributed by atoms with Crippen LogP contribution in [0.4, 0.5) is 4.79 Å². The second-order valence-corrected chi connectivity index (χ2v) is 5.02. The smallest absolute Gasteiger partial charge is 0.410 e. The Morgan fingerprint density at radius 1 is 1.45 bits per heavy atom. The molecule has 1 aliphatic rings. The van der Waals surface area contributed by atoms with Crippen molar-refractivity contribution in [3.8, 4) is 0 Å². The summed E-state index contributed by atoms with van der Waals surface area (Å²) in [5, 5.41) is 9.92. The lowest BCUT2D eigenvalue weighted by atomic mass is 9.98. The Labute approximate surface area is 119 Å². The Kier molecular flexibility index (Phi) is 5.18. The number of piperidine rings is 1. The van der Waals surface area contributed by atoms with Crippen molar-refractivity contribution in [2.24, 2.45) is 0 Å². The summed E-state index contributed by atoms with van der Waals surface area (Å²) in [5.74, 6) is 0. The SMILES string of the molecule is C=C[C@H](O)C1CCCCN1C(=O)OCc1ccccc1. The molecule has 1 N–H and O–H groups in total. The van der Waals surface area contributed by atoms with E-state index in [-0.39, 0.29) is 18.7 Å². The first-order chi connectivity index (χ1) is 9.72. The highest BCUT2D eigenvalue weighted by Crippen LogP contribution is 2.21. The summed E-state index contributed by atoms with van der Waals surface area (Å²) in [5.41, 5.74) is 0.957. The van der Waals surface area contributed by atoms with Crippen molar-refractivity contribution in [3.05, 3.63) is 48.6 Å². The number of aliphatic hydroxyl groups excluding tert-OH is 1. The van der Waals surface area contributed by atoms with Gasteiger partial charge >= 0.3 is 6.09 Å². The molecule has 1 heterocycles. The molecule has 0 saturated carbocycles. The topological polar surface area (TPSA) is 49.8 Å². The van der Waals surface area contributed by atoms with Crippen LogP contribution >= 0.6 is 0 Å². The van der Waals surface area contributed by atoms with Gasteiger partial charge in [-0.1, -0.05) is 36.4 Å². The molecule has 1 unspecified atom stereocenters. The molecule has 108 valence electrons. The molecule has 4 heteroatoms. The Morgan fingerprint density at radius 3 is 2.90 bits per heavy atom. The van der Waals surface area contributed by atoms with E-state index in [2.05, 4.69) is 6.58 Å². The largest absolute Gasteiger partial charge is 0.445 e. The Hall–Kier alpha value is -1.81. The minimum absolute atomic E-state index is 0.218. The van der Waals surface area contributed by atoms with Gasteiger partial charge in [0.15, 0.2) is 0 Å². The zero-order chi connectivity index (χ0) is 14.4. The van der Waals surface area contributed by atoms with Crippen LogP contribution in [-0.4, -0.2) is 34.8 Å². The number of hydrogen-bond donors (Lipinski definition) is 1. The van der Waals surface area contributed by atoms with Gasteiger partial charge in [-0.05, 0) is 24.8 Å². The summed E-state index contributed by atoms with van der Waals surface area (Å²) < 4.78 is 5.33. The molecule has 1 saturated heterocycles. The number of ether oxygens (including phenoxy) is 1. The fourth-order valence-corrected chi connectivity index (χ4v) is 2.50. The van der Waals surface area contributed by atoms with E-state index >= 15 is 0 Å². The fraction of sp³-hybridized carbons (Fsp3) is 0.438. The minimum atomic E-state index is -0.695. The first-order valence-electron chi connectivity index (χ1n) is 7.00. The zero-order valence-corrected chi connectivity index (χ0v) is 11.6. The van der Waals surface area contributed by atoms with Crippen molar-refractivity contribution in [1.82, 2.24) is 4.90 Å². The second kappa shape index (κ2) is 7.10. The summed E-state index contributed by atoms with van der Waals surface area (Å²) in [6, 6.07) is 9.36. The lowest BCUT2D eigenvalue weighted by Crippen LogP contribution is -2.49. The molecule has 2 atom stereocenters. The molecule has 20 heavy (non-hydrogen) atoms. The molecular weight excluding hydrogens is 254 g/mol. The van der Waals surface area contributed by atoms with Crippen molar-refractivity contribution in [2.75, 3.05) is 6.54 Å². The van der Waals surface area contributed by atoms with Gasteiger partial charge in [-0.15, -0.1) is 6.58 Å². The van der Waals surface area contributed by atoms with E-state index in [0.29, 0.717) is 6.54 Å². The number of hydrogen-bond acceptors (Lipinski definition) is 3. The van der Waals surface area contributed by atoms with Crippen molar-refractivity contribution >= 4 is 6.09 Å². The lowest BCUT2D eigenvalue weighted by Gasteiger charge is -2.36. The molecule has 1 aliphatic heterocycles. The average Bonchev–Trinajstić information content (AvgIpc) is 2.52. The van der Waals surface area contributed by atoms with E-state index in [9.17, 15) is 9.90 Å². The number of amides is 1. The molecule has 1 amide bonds. The molecular formula is C16H21NO3. The number of benzene rings is 1. The molecule has 1 aromatic rings. The van der Waals surface area contributed by atoms with Crippen LogP contribution in [0.2, 0.25) is 0 Å². The van der Waals surface area contributed by atoms with Crippen LogP contribution in [-0.2, 0) is 11.3 Å². The molecule has 2 rings (SSSR count). The van der Waals surface area contributed by atoms with Gasteiger partial charge in [0.2, 0.25) is 0 Å². The maximum absolute atomic E-state index is 12.2. The van der Waals surface area contributed by atoms with Gasteiger partial charge in [-0.3, -0.25) is 0 Å². The third kappa shape index (κ3) is 3.61. The predicted molar refractivity (Wildman–Crippen MR) is 77.2 cm³/mol. The quantitative estimate of drug-likeness (QED) is 0.860. The standard InChI is InChI=1S/C16H21NO3/c1-2-15(18)14-10-6-7-11-17(14)16(19)20-12-13-8-4-3-5-9-13/h2-5,8-9,14-15,18H,1,6-7,10-12H2/t14?,15-/m0/s1. The monoisotopic (exact) mass is 275 g/mol. The number of carbonyl (C=O) groups is 1. The van der Waals surface area contributed by atoms with Crippen molar-refractivity contribution in [1.29, 1.82) is 0 Å². The third-order valence-corrected chi connectivity index (χ3v) is 3.62. The van der Waals surface area contributed by atoms with Crippen LogP contribution in [0.3, 0.4) is 0 Å². The van der Waals surface area contributed by atoms with Gasteiger partial charge in [0.1, 0.15) is 6.61 Å². The van der Waals surface area contributed by atoms with Gasteiger partial charge in [0.05, 0.1) is 12.1 Å². The number of nitrogens with zero attached hydrogens (tertiary/aromatic N) is 1. The second-order valence-electron chi connectivity index (χ2n) is 5.02. The zero-order valence-electron chi connectivity index (χ0n) is 11.6. The molecule has 1 aromatic carbocycles. The third-order valence-electron chi connectivity index (χ3n) is 3.62. The van der Waals surface area contributed by atoms with E-state index in [1.807, 2.05) is 30.3 Å². The maximum Gasteiger partial charge on any atom is 0.410 e. The fourth-order valence-electron chi connectivity index (χ4n) is 2.50. The molecule has 4 nitrogen and oxygen atoms in total. The highest BCUT2D eigenvalue weighted by atomic mass is 16.6. The summed E-state index contributed by atoms with van der Waals surface area (Å²) in [4.78, 5) is 13.8. The first kappa shape index (κ1) is 14.6. The number of carbonyl (C=O) groups excluding carboxylic acids is 1. The predicted octanol–water partition coefficient (Wildman–Crippen LogP) is 2.72. The summed E-state index contributed by atoms with van der Waals surface area (Å²) in [6.07, 6.45) is 3.17. The Bertz CT molecular complexity index is 446. The molecule has 0 spiro atoms. The van der Waals surface area contributed by atoms with E-state index in [1.165, 1.54) is 6.08 Å². The highest BCUT2D eigenvalue weighted by molar-refractivity contribution is 5.68. The van der Waals surface area contributed by atoms with Crippen molar-refractivity contribution in [3.63, 3.8) is 0 Å².